The van der Waals surface area contributed by atoms with E-state index >= 15 is 0 Å². The van der Waals surface area contributed by atoms with Gasteiger partial charge in [-0.3, -0.25) is 14.9 Å². The maximum absolute atomic E-state index is 13.7. The highest BCUT2D eigenvalue weighted by atomic mass is 32.2. The average Bonchev–Trinajstić information content (AvgIpc) is 3.31. The molecule has 2 aromatic heterocycles. The number of pyridine rings is 1. The summed E-state index contributed by atoms with van der Waals surface area (Å²) in [7, 11) is 0. The number of carbonyl (C=O) groups is 2. The number of amides is 2. The van der Waals surface area contributed by atoms with Crippen molar-refractivity contribution in [1.29, 1.82) is 0 Å². The Kier molecular flexibility index (Phi) is 9.54. The summed E-state index contributed by atoms with van der Waals surface area (Å²) in [5, 5.41) is 4.70. The second kappa shape index (κ2) is 13.1. The van der Waals surface area contributed by atoms with Crippen LogP contribution in [0.2, 0.25) is 0 Å². The van der Waals surface area contributed by atoms with E-state index < -0.39 is 57.8 Å². The number of carbonyl (C=O) groups excluding carboxylic acids is 2. The van der Waals surface area contributed by atoms with Gasteiger partial charge in [0.2, 0.25) is 5.95 Å². The second-order valence-corrected chi connectivity index (χ2v) is 11.7. The van der Waals surface area contributed by atoms with Crippen LogP contribution in [0.4, 0.5) is 50.3 Å². The van der Waals surface area contributed by atoms with Crippen molar-refractivity contribution >= 4 is 34.9 Å². The van der Waals surface area contributed by atoms with Crippen LogP contribution < -0.4 is 15.5 Å². The van der Waals surface area contributed by atoms with Gasteiger partial charge in [0.1, 0.15) is 5.69 Å². The van der Waals surface area contributed by atoms with Crippen LogP contribution in [-0.2, 0) is 29.9 Å². The van der Waals surface area contributed by atoms with E-state index in [-0.39, 0.29) is 29.0 Å². The van der Waals surface area contributed by atoms with Gasteiger partial charge in [-0.1, -0.05) is 6.07 Å². The number of anilines is 1. The van der Waals surface area contributed by atoms with Gasteiger partial charge >= 0.3 is 18.5 Å². The normalized spacial score (nSPS) is 17.5. The number of hydrogen-bond acceptors (Lipinski definition) is 8. The molecule has 2 N–H and O–H groups in total. The molecule has 0 aliphatic carbocycles. The highest BCUT2D eigenvalue weighted by molar-refractivity contribution is 8.18. The van der Waals surface area contributed by atoms with E-state index in [1.54, 1.807) is 6.07 Å². The maximum atomic E-state index is 13.7. The molecule has 2 saturated heterocycles. The van der Waals surface area contributed by atoms with Crippen LogP contribution in [0.25, 0.3) is 17.3 Å². The van der Waals surface area contributed by atoms with Crippen molar-refractivity contribution in [2.45, 2.75) is 37.9 Å². The van der Waals surface area contributed by atoms with Crippen LogP contribution in [0.1, 0.15) is 40.9 Å². The first-order chi connectivity index (χ1) is 22.0. The van der Waals surface area contributed by atoms with Crippen LogP contribution >= 0.6 is 11.8 Å². The van der Waals surface area contributed by atoms with E-state index in [0.29, 0.717) is 62.3 Å². The zero-order valence-electron chi connectivity index (χ0n) is 23.9. The van der Waals surface area contributed by atoms with Gasteiger partial charge in [0.15, 0.2) is 0 Å². The van der Waals surface area contributed by atoms with E-state index in [0.717, 1.165) is 17.8 Å². The summed E-state index contributed by atoms with van der Waals surface area (Å²) in [5.74, 6) is -0.0287. The van der Waals surface area contributed by atoms with Crippen molar-refractivity contribution in [3.63, 3.8) is 0 Å². The number of aromatic nitrogens is 3. The molecule has 5 rings (SSSR count). The quantitative estimate of drug-likeness (QED) is 0.204. The van der Waals surface area contributed by atoms with Gasteiger partial charge in [-0.25, -0.2) is 15.0 Å². The fourth-order valence-corrected chi connectivity index (χ4v) is 5.73. The Morgan fingerprint density at radius 2 is 1.64 bits per heavy atom. The first kappa shape index (κ1) is 34.2. The van der Waals surface area contributed by atoms with E-state index in [1.807, 2.05) is 4.90 Å². The molecule has 47 heavy (non-hydrogen) atoms. The van der Waals surface area contributed by atoms with E-state index in [9.17, 15) is 49.1 Å². The third-order valence-electron chi connectivity index (χ3n) is 7.35. The largest absolute Gasteiger partial charge is 0.433 e. The van der Waals surface area contributed by atoms with Crippen molar-refractivity contribution in [3.05, 3.63) is 75.6 Å². The molecule has 2 amide bonds. The highest BCUT2D eigenvalue weighted by Gasteiger charge is 2.40. The second-order valence-electron chi connectivity index (χ2n) is 10.7. The molecule has 0 radical (unpaired) electrons. The SMILES string of the molecule is O=C1NC(=O)C(=Cc2ccnc(N3CCC(CNCc4cc(-c5ccc(C(F)(F)F)cc5C(F)(F)F)nc(C(F)(F)F)c4)CC3)n2)S1. The lowest BCUT2D eigenvalue weighted by molar-refractivity contribution is -0.143. The average molecular weight is 691 g/mol. The van der Waals surface area contributed by atoms with Crippen molar-refractivity contribution < 1.29 is 49.1 Å². The maximum Gasteiger partial charge on any atom is 0.433 e. The summed E-state index contributed by atoms with van der Waals surface area (Å²) in [6, 6.07) is 3.95. The zero-order chi connectivity index (χ0) is 34.1. The van der Waals surface area contributed by atoms with Gasteiger partial charge in [0, 0.05) is 31.4 Å². The number of imide groups is 1. The van der Waals surface area contributed by atoms with Gasteiger partial charge in [-0.15, -0.1) is 0 Å². The number of piperidine rings is 1. The molecule has 2 aliphatic rings. The molecule has 8 nitrogen and oxygen atoms in total. The molecule has 1 aromatic carbocycles. The Labute approximate surface area is 264 Å². The monoisotopic (exact) mass is 690 g/mol. The Bertz CT molecular complexity index is 1700. The van der Waals surface area contributed by atoms with Crippen LogP contribution in [0, 0.1) is 5.92 Å². The van der Waals surface area contributed by atoms with Gasteiger partial charge < -0.3 is 10.2 Å². The lowest BCUT2D eigenvalue weighted by Crippen LogP contribution is -2.38. The van der Waals surface area contributed by atoms with Gasteiger partial charge in [0.05, 0.1) is 27.4 Å². The third-order valence-corrected chi connectivity index (χ3v) is 8.16. The molecule has 0 atom stereocenters. The molecular weight excluding hydrogens is 667 g/mol. The summed E-state index contributed by atoms with van der Waals surface area (Å²) in [6.07, 6.45) is -11.1. The van der Waals surface area contributed by atoms with Crippen molar-refractivity contribution in [2.24, 2.45) is 5.92 Å². The molecule has 0 bridgehead atoms. The minimum Gasteiger partial charge on any atom is -0.341 e. The molecule has 18 heteroatoms. The van der Waals surface area contributed by atoms with Crippen molar-refractivity contribution in [3.8, 4) is 11.3 Å². The van der Waals surface area contributed by atoms with Gasteiger partial charge in [-0.2, -0.15) is 39.5 Å². The minimum absolute atomic E-state index is 0.0528. The summed E-state index contributed by atoms with van der Waals surface area (Å²) in [4.78, 5) is 37.4. The molecule has 250 valence electrons. The smallest absolute Gasteiger partial charge is 0.341 e. The lowest BCUT2D eigenvalue weighted by atomic mass is 9.96. The molecular formula is C29H23F9N6O2S. The number of nitrogens with one attached hydrogen (secondary N) is 2. The Morgan fingerprint density at radius 1 is 0.915 bits per heavy atom. The molecule has 0 saturated carbocycles. The third kappa shape index (κ3) is 8.40. The number of benzene rings is 1. The first-order valence-electron chi connectivity index (χ1n) is 13.9. The van der Waals surface area contributed by atoms with E-state index in [2.05, 4.69) is 25.6 Å². The van der Waals surface area contributed by atoms with Crippen LogP contribution in [0.3, 0.4) is 0 Å². The Morgan fingerprint density at radius 3 is 2.26 bits per heavy atom. The van der Waals surface area contributed by atoms with Crippen molar-refractivity contribution in [2.75, 3.05) is 24.5 Å². The standard InChI is InChI=1S/C29H23F9N6O2S/c30-27(31,32)17-1-2-19(20(11-17)28(33,34)35)21-9-16(10-23(42-21)29(36,37)38)14-39-13-15-4-7-44(8-5-15)25-40-6-3-18(41-25)12-22-24(45)43-26(46)47-22/h1-3,6,9-12,15,39H,4-5,7-8,13-14H2,(H,43,45,46). The fraction of sp³-hybridized carbons (Fsp3) is 0.345. The van der Waals surface area contributed by atoms with Crippen LogP contribution in [0.15, 0.2) is 47.5 Å². The fourth-order valence-electron chi connectivity index (χ4n) is 5.06. The van der Waals surface area contributed by atoms with Crippen LogP contribution in [-0.4, -0.2) is 45.7 Å². The zero-order valence-corrected chi connectivity index (χ0v) is 24.7. The number of halogens is 9. The minimum atomic E-state index is -5.30. The van der Waals surface area contributed by atoms with Crippen molar-refractivity contribution in [1.82, 2.24) is 25.6 Å². The summed E-state index contributed by atoms with van der Waals surface area (Å²) < 4.78 is 122. The highest BCUT2D eigenvalue weighted by Crippen LogP contribution is 2.41. The predicted molar refractivity (Wildman–Crippen MR) is 152 cm³/mol. The number of hydrogen-bond donors (Lipinski definition) is 2. The van der Waals surface area contributed by atoms with E-state index in [4.69, 9.17) is 0 Å². The first-order valence-corrected chi connectivity index (χ1v) is 14.7. The topological polar surface area (TPSA) is 100 Å². The number of thioether (sulfide) groups is 1. The summed E-state index contributed by atoms with van der Waals surface area (Å²) in [5.41, 5.74) is -6.13. The molecule has 3 aromatic rings. The predicted octanol–water partition coefficient (Wildman–Crippen LogP) is 6.93. The molecule has 4 heterocycles. The Hall–Kier alpha value is -4.19. The molecule has 2 aliphatic heterocycles. The summed E-state index contributed by atoms with van der Waals surface area (Å²) >= 11 is 0.759. The van der Waals surface area contributed by atoms with Gasteiger partial charge in [-0.05, 0) is 79.0 Å². The lowest BCUT2D eigenvalue weighted by Gasteiger charge is -2.32. The van der Waals surface area contributed by atoms with E-state index in [1.165, 1.54) is 12.3 Å². The molecule has 0 spiro atoms. The Balaban J connectivity index is 1.25. The number of nitrogens with zero attached hydrogens (tertiary/aromatic N) is 4. The molecule has 2 fully saturated rings. The van der Waals surface area contributed by atoms with Gasteiger partial charge in [0.25, 0.3) is 11.1 Å². The van der Waals surface area contributed by atoms with Crippen LogP contribution in [0.5, 0.6) is 0 Å². The number of alkyl halides is 9. The number of rotatable bonds is 7. The summed E-state index contributed by atoms with van der Waals surface area (Å²) in [6.45, 7) is 1.25. The molecule has 0 unspecified atom stereocenters.